The zero-order valence-electron chi connectivity index (χ0n) is 11.3. The fourth-order valence-electron chi connectivity index (χ4n) is 3.43. The fraction of sp³-hybridized carbons (Fsp3) is 0.375. The highest BCUT2D eigenvalue weighted by atomic mass is 16.2. The molecule has 1 aromatic carbocycles. The highest BCUT2D eigenvalue weighted by molar-refractivity contribution is 5.85. The van der Waals surface area contributed by atoms with Crippen molar-refractivity contribution in [3.8, 4) is 0 Å². The van der Waals surface area contributed by atoms with Crippen molar-refractivity contribution in [1.29, 1.82) is 0 Å². The summed E-state index contributed by atoms with van der Waals surface area (Å²) in [4.78, 5) is 22.2. The Morgan fingerprint density at radius 1 is 1.30 bits per heavy atom. The lowest BCUT2D eigenvalue weighted by atomic mass is 9.98. The molecule has 4 heteroatoms. The van der Waals surface area contributed by atoms with Crippen molar-refractivity contribution in [3.63, 3.8) is 0 Å². The van der Waals surface area contributed by atoms with E-state index in [-0.39, 0.29) is 11.8 Å². The predicted molar refractivity (Wildman–Crippen MR) is 75.2 cm³/mol. The molecule has 0 saturated carbocycles. The summed E-state index contributed by atoms with van der Waals surface area (Å²) in [7, 11) is 0. The van der Waals surface area contributed by atoms with Crippen LogP contribution in [0.25, 0.3) is 0 Å². The lowest BCUT2D eigenvalue weighted by molar-refractivity contribution is -0.133. The molecule has 4 nitrogen and oxygen atoms in total. The minimum absolute atomic E-state index is 0.0515. The normalized spacial score (nSPS) is 20.6. The number of rotatable bonds is 1. The van der Waals surface area contributed by atoms with Crippen molar-refractivity contribution < 1.29 is 4.79 Å². The number of H-pyrrole nitrogens is 1. The van der Waals surface area contributed by atoms with E-state index in [0.717, 1.165) is 37.2 Å². The summed E-state index contributed by atoms with van der Waals surface area (Å²) in [5.41, 5.74) is 4.77. The largest absolute Gasteiger partial charge is 0.347 e. The number of imidazole rings is 1. The highest BCUT2D eigenvalue weighted by Crippen LogP contribution is 2.35. The molecule has 0 saturated heterocycles. The van der Waals surface area contributed by atoms with E-state index in [0.29, 0.717) is 6.54 Å². The van der Waals surface area contributed by atoms with Crippen LogP contribution in [-0.4, -0.2) is 27.3 Å². The van der Waals surface area contributed by atoms with Crippen LogP contribution in [-0.2, 0) is 24.2 Å². The van der Waals surface area contributed by atoms with Crippen LogP contribution < -0.4 is 0 Å². The van der Waals surface area contributed by atoms with Crippen molar-refractivity contribution in [3.05, 3.63) is 53.1 Å². The standard InChI is InChI=1S/C16H17N3O/c20-16(13-6-5-11-3-1-2-4-12(11)13)19-8-7-14-15(9-19)18-10-17-14/h1-4,10,13H,5-9H2,(H,17,18)/t13-/m0/s1. The Hall–Kier alpha value is -2.10. The summed E-state index contributed by atoms with van der Waals surface area (Å²) >= 11 is 0. The van der Waals surface area contributed by atoms with Gasteiger partial charge in [0.1, 0.15) is 0 Å². The van der Waals surface area contributed by atoms with Gasteiger partial charge in [0, 0.05) is 13.0 Å². The average Bonchev–Trinajstić information content (AvgIpc) is 3.12. The third-order valence-electron chi connectivity index (χ3n) is 4.52. The van der Waals surface area contributed by atoms with Crippen molar-refractivity contribution >= 4 is 5.91 Å². The van der Waals surface area contributed by atoms with E-state index in [4.69, 9.17) is 0 Å². The molecule has 0 radical (unpaired) electrons. The number of nitrogens with zero attached hydrogens (tertiary/aromatic N) is 2. The van der Waals surface area contributed by atoms with Crippen LogP contribution in [0.2, 0.25) is 0 Å². The lowest BCUT2D eigenvalue weighted by Gasteiger charge is -2.29. The Bertz CT molecular complexity index is 661. The van der Waals surface area contributed by atoms with E-state index in [9.17, 15) is 4.79 Å². The molecule has 0 fully saturated rings. The Labute approximate surface area is 117 Å². The molecule has 1 aromatic heterocycles. The fourth-order valence-corrected chi connectivity index (χ4v) is 3.43. The molecule has 4 rings (SSSR count). The van der Waals surface area contributed by atoms with Gasteiger partial charge in [0.05, 0.1) is 30.2 Å². The van der Waals surface area contributed by atoms with Crippen LogP contribution in [0.3, 0.4) is 0 Å². The summed E-state index contributed by atoms with van der Waals surface area (Å²) < 4.78 is 0. The van der Waals surface area contributed by atoms with Gasteiger partial charge < -0.3 is 9.88 Å². The van der Waals surface area contributed by atoms with Gasteiger partial charge in [-0.15, -0.1) is 0 Å². The van der Waals surface area contributed by atoms with E-state index in [1.807, 2.05) is 11.0 Å². The van der Waals surface area contributed by atoms with Crippen LogP contribution >= 0.6 is 0 Å². The second-order valence-electron chi connectivity index (χ2n) is 5.63. The number of carbonyl (C=O) groups excluding carboxylic acids is 1. The third kappa shape index (κ3) is 1.75. The Kier molecular flexibility index (Phi) is 2.62. The van der Waals surface area contributed by atoms with E-state index in [1.165, 1.54) is 11.1 Å². The first kappa shape index (κ1) is 11.7. The number of fused-ring (bicyclic) bond motifs is 2. The molecule has 1 aliphatic carbocycles. The maximum Gasteiger partial charge on any atom is 0.230 e. The average molecular weight is 267 g/mol. The van der Waals surface area contributed by atoms with Gasteiger partial charge >= 0.3 is 0 Å². The first-order valence-corrected chi connectivity index (χ1v) is 7.20. The van der Waals surface area contributed by atoms with Crippen LogP contribution in [0.5, 0.6) is 0 Å². The summed E-state index contributed by atoms with van der Waals surface area (Å²) in [6, 6.07) is 8.35. The van der Waals surface area contributed by atoms with Crippen molar-refractivity contribution in [2.24, 2.45) is 0 Å². The van der Waals surface area contributed by atoms with Crippen LogP contribution in [0.15, 0.2) is 30.6 Å². The molecule has 102 valence electrons. The third-order valence-corrected chi connectivity index (χ3v) is 4.52. The summed E-state index contributed by atoms with van der Waals surface area (Å²) in [6.45, 7) is 1.46. The number of aryl methyl sites for hydroxylation is 1. The van der Waals surface area contributed by atoms with Gasteiger partial charge in [0.2, 0.25) is 5.91 Å². The van der Waals surface area contributed by atoms with Gasteiger partial charge in [0.25, 0.3) is 0 Å². The smallest absolute Gasteiger partial charge is 0.230 e. The summed E-state index contributed by atoms with van der Waals surface area (Å²) in [6.07, 6.45) is 4.56. The van der Waals surface area contributed by atoms with Gasteiger partial charge in [-0.2, -0.15) is 0 Å². The number of hydrogen-bond donors (Lipinski definition) is 1. The summed E-state index contributed by atoms with van der Waals surface area (Å²) in [5, 5.41) is 0. The minimum atomic E-state index is 0.0515. The second-order valence-corrected chi connectivity index (χ2v) is 5.63. The first-order valence-electron chi connectivity index (χ1n) is 7.20. The van der Waals surface area contributed by atoms with Gasteiger partial charge in [-0.1, -0.05) is 24.3 Å². The van der Waals surface area contributed by atoms with Crippen LogP contribution in [0.1, 0.15) is 34.9 Å². The van der Waals surface area contributed by atoms with Crippen LogP contribution in [0.4, 0.5) is 0 Å². The maximum atomic E-state index is 12.8. The Morgan fingerprint density at radius 3 is 3.15 bits per heavy atom. The molecule has 1 N–H and O–H groups in total. The predicted octanol–water partition coefficient (Wildman–Crippen LogP) is 2.02. The molecule has 0 unspecified atom stereocenters. The molecule has 1 amide bonds. The van der Waals surface area contributed by atoms with E-state index >= 15 is 0 Å². The van der Waals surface area contributed by atoms with Gasteiger partial charge in [-0.05, 0) is 24.0 Å². The van der Waals surface area contributed by atoms with E-state index in [1.54, 1.807) is 6.33 Å². The highest BCUT2D eigenvalue weighted by Gasteiger charge is 2.33. The van der Waals surface area contributed by atoms with Gasteiger partial charge in [0.15, 0.2) is 0 Å². The van der Waals surface area contributed by atoms with Crippen LogP contribution in [0, 0.1) is 0 Å². The quantitative estimate of drug-likeness (QED) is 0.859. The maximum absolute atomic E-state index is 12.8. The molecule has 0 bridgehead atoms. The summed E-state index contributed by atoms with van der Waals surface area (Å²) in [5.74, 6) is 0.325. The molecule has 2 heterocycles. The topological polar surface area (TPSA) is 49.0 Å². The van der Waals surface area contributed by atoms with E-state index < -0.39 is 0 Å². The van der Waals surface area contributed by atoms with E-state index in [2.05, 4.69) is 28.2 Å². The van der Waals surface area contributed by atoms with Crippen molar-refractivity contribution in [1.82, 2.24) is 14.9 Å². The molecule has 1 atom stereocenters. The minimum Gasteiger partial charge on any atom is -0.347 e. The molecule has 20 heavy (non-hydrogen) atoms. The lowest BCUT2D eigenvalue weighted by Crippen LogP contribution is -2.38. The molecule has 0 spiro atoms. The number of benzene rings is 1. The Morgan fingerprint density at radius 2 is 2.20 bits per heavy atom. The van der Waals surface area contributed by atoms with Gasteiger partial charge in [-0.3, -0.25) is 4.79 Å². The Balaban J connectivity index is 1.58. The number of nitrogens with one attached hydrogen (secondary N) is 1. The first-order chi connectivity index (χ1) is 9.83. The second kappa shape index (κ2) is 4.47. The van der Waals surface area contributed by atoms with Gasteiger partial charge in [-0.25, -0.2) is 4.98 Å². The molecule has 2 aromatic rings. The van der Waals surface area contributed by atoms with Crippen molar-refractivity contribution in [2.45, 2.75) is 31.7 Å². The monoisotopic (exact) mass is 267 g/mol. The number of hydrogen-bond acceptors (Lipinski definition) is 2. The SMILES string of the molecule is O=C([C@H]1CCc2ccccc21)N1CCc2nc[nH]c2C1. The number of amides is 1. The molecule has 1 aliphatic heterocycles. The number of aromatic nitrogens is 2. The zero-order chi connectivity index (χ0) is 13.5. The molecule has 2 aliphatic rings. The molecular weight excluding hydrogens is 250 g/mol. The zero-order valence-corrected chi connectivity index (χ0v) is 11.3. The van der Waals surface area contributed by atoms with Crippen molar-refractivity contribution in [2.75, 3.05) is 6.54 Å². The number of carbonyl (C=O) groups is 1. The number of aromatic amines is 1. The molecular formula is C16H17N3O.